The number of piperazine rings is 1. The number of hydrogen-bond acceptors (Lipinski definition) is 6. The highest BCUT2D eigenvalue weighted by Crippen LogP contribution is 2.38. The summed E-state index contributed by atoms with van der Waals surface area (Å²) in [6.45, 7) is 5.93. The normalized spacial score (nSPS) is 18.0. The molecule has 1 aromatic carbocycles. The van der Waals surface area contributed by atoms with E-state index in [4.69, 9.17) is 21.1 Å². The molecule has 4 rings (SSSR count). The lowest BCUT2D eigenvalue weighted by Crippen LogP contribution is -2.46. The second-order valence-electron chi connectivity index (χ2n) is 6.27. The Bertz CT molecular complexity index is 721. The molecule has 2 aliphatic heterocycles. The van der Waals surface area contributed by atoms with Crippen LogP contribution in [0.25, 0.3) is 0 Å². The molecule has 0 bridgehead atoms. The summed E-state index contributed by atoms with van der Waals surface area (Å²) < 4.78 is 11.5. The van der Waals surface area contributed by atoms with E-state index in [1.54, 1.807) is 12.4 Å². The van der Waals surface area contributed by atoms with E-state index in [0.717, 1.165) is 56.4 Å². The van der Waals surface area contributed by atoms with E-state index in [1.807, 2.05) is 12.1 Å². The van der Waals surface area contributed by atoms with Crippen LogP contribution in [0.1, 0.15) is 12.0 Å². The molecule has 2 aromatic rings. The summed E-state index contributed by atoms with van der Waals surface area (Å²) in [4.78, 5) is 13.3. The highest BCUT2D eigenvalue weighted by Gasteiger charge is 2.21. The van der Waals surface area contributed by atoms with Crippen molar-refractivity contribution in [1.82, 2.24) is 14.9 Å². The zero-order valence-electron chi connectivity index (χ0n) is 14.0. The van der Waals surface area contributed by atoms with Crippen LogP contribution < -0.4 is 14.4 Å². The van der Waals surface area contributed by atoms with Gasteiger partial charge in [-0.05, 0) is 23.8 Å². The van der Waals surface area contributed by atoms with Gasteiger partial charge in [-0.25, -0.2) is 9.97 Å². The molecule has 0 unspecified atom stereocenters. The third-order valence-electron chi connectivity index (χ3n) is 4.48. The quantitative estimate of drug-likeness (QED) is 0.838. The lowest BCUT2D eigenvalue weighted by atomic mass is 10.1. The van der Waals surface area contributed by atoms with Crippen molar-refractivity contribution in [1.29, 1.82) is 0 Å². The Morgan fingerprint density at radius 1 is 1.00 bits per heavy atom. The summed E-state index contributed by atoms with van der Waals surface area (Å²) >= 11 is 6.39. The molecule has 25 heavy (non-hydrogen) atoms. The lowest BCUT2D eigenvalue weighted by molar-refractivity contribution is 0.248. The minimum absolute atomic E-state index is 0.630. The molecule has 0 amide bonds. The number of hydrogen-bond donors (Lipinski definition) is 0. The molecule has 1 fully saturated rings. The number of fused-ring (bicyclic) bond motifs is 1. The van der Waals surface area contributed by atoms with Crippen LogP contribution in [-0.2, 0) is 6.54 Å². The number of nitrogens with zero attached hydrogens (tertiary/aromatic N) is 4. The van der Waals surface area contributed by atoms with Gasteiger partial charge in [0.1, 0.15) is 0 Å². The molecule has 0 spiro atoms. The second kappa shape index (κ2) is 7.45. The fourth-order valence-corrected chi connectivity index (χ4v) is 3.48. The average molecular weight is 361 g/mol. The third-order valence-corrected chi connectivity index (χ3v) is 4.76. The first kappa shape index (κ1) is 16.4. The van der Waals surface area contributed by atoms with Gasteiger partial charge in [-0.1, -0.05) is 11.6 Å². The molecule has 1 saturated heterocycles. The minimum atomic E-state index is 0.630. The molecule has 132 valence electrons. The van der Waals surface area contributed by atoms with Gasteiger partial charge in [0.25, 0.3) is 0 Å². The molecule has 0 atom stereocenters. The Labute approximate surface area is 152 Å². The standard InChI is InChI=1S/C18H21ClN4O2/c19-15-11-14(12-16-17(15)25-10-2-9-24-16)13-22-5-7-23(8-6-22)18-20-3-1-4-21-18/h1,3-4,11-12H,2,5-10,13H2. The van der Waals surface area contributed by atoms with E-state index >= 15 is 0 Å². The van der Waals surface area contributed by atoms with E-state index in [0.29, 0.717) is 24.0 Å². The smallest absolute Gasteiger partial charge is 0.225 e. The number of ether oxygens (including phenoxy) is 2. The zero-order chi connectivity index (χ0) is 17.1. The predicted molar refractivity (Wildman–Crippen MR) is 96.6 cm³/mol. The molecular weight excluding hydrogens is 340 g/mol. The first-order valence-corrected chi connectivity index (χ1v) is 9.00. The van der Waals surface area contributed by atoms with E-state index in [-0.39, 0.29) is 0 Å². The van der Waals surface area contributed by atoms with Gasteiger partial charge in [0, 0.05) is 51.5 Å². The molecule has 0 N–H and O–H groups in total. The molecule has 1 aromatic heterocycles. The summed E-state index contributed by atoms with van der Waals surface area (Å²) in [5.74, 6) is 2.24. The summed E-state index contributed by atoms with van der Waals surface area (Å²) in [5.41, 5.74) is 1.15. The van der Waals surface area contributed by atoms with Crippen molar-refractivity contribution in [3.05, 3.63) is 41.2 Å². The van der Waals surface area contributed by atoms with Gasteiger partial charge >= 0.3 is 0 Å². The van der Waals surface area contributed by atoms with Gasteiger partial charge in [0.2, 0.25) is 5.95 Å². The van der Waals surface area contributed by atoms with Crippen molar-refractivity contribution in [2.45, 2.75) is 13.0 Å². The number of rotatable bonds is 3. The van der Waals surface area contributed by atoms with Gasteiger partial charge in [0.15, 0.2) is 11.5 Å². The number of aromatic nitrogens is 2. The first-order chi connectivity index (χ1) is 12.3. The first-order valence-electron chi connectivity index (χ1n) is 8.62. The Hall–Kier alpha value is -2.05. The largest absolute Gasteiger partial charge is 0.489 e. The van der Waals surface area contributed by atoms with Crippen molar-refractivity contribution in [2.24, 2.45) is 0 Å². The fourth-order valence-electron chi connectivity index (χ4n) is 3.19. The average Bonchev–Trinajstić information content (AvgIpc) is 2.89. The molecule has 0 aliphatic carbocycles. The van der Waals surface area contributed by atoms with E-state index in [2.05, 4.69) is 25.8 Å². The van der Waals surface area contributed by atoms with Crippen LogP contribution in [0.5, 0.6) is 11.5 Å². The van der Waals surface area contributed by atoms with E-state index < -0.39 is 0 Å². The number of halogens is 1. The van der Waals surface area contributed by atoms with Gasteiger partial charge in [0.05, 0.1) is 18.2 Å². The highest BCUT2D eigenvalue weighted by atomic mass is 35.5. The SMILES string of the molecule is Clc1cc(CN2CCN(c3ncccn3)CC2)cc2c1OCCCO2. The van der Waals surface area contributed by atoms with Crippen molar-refractivity contribution in [2.75, 3.05) is 44.3 Å². The topological polar surface area (TPSA) is 50.7 Å². The predicted octanol–water partition coefficient (Wildman–Crippen LogP) is 2.61. The van der Waals surface area contributed by atoms with Crippen molar-refractivity contribution < 1.29 is 9.47 Å². The van der Waals surface area contributed by atoms with E-state index in [9.17, 15) is 0 Å². The second-order valence-corrected chi connectivity index (χ2v) is 6.67. The Balaban J connectivity index is 1.40. The minimum Gasteiger partial charge on any atom is -0.489 e. The fraction of sp³-hybridized carbons (Fsp3) is 0.444. The maximum atomic E-state index is 6.39. The van der Waals surface area contributed by atoms with Gasteiger partial charge < -0.3 is 14.4 Å². The van der Waals surface area contributed by atoms with E-state index in [1.165, 1.54) is 0 Å². The number of anilines is 1. The van der Waals surface area contributed by atoms with Gasteiger partial charge in [-0.15, -0.1) is 0 Å². The molecular formula is C18H21ClN4O2. The van der Waals surface area contributed by atoms with Crippen LogP contribution >= 0.6 is 11.6 Å². The van der Waals surface area contributed by atoms with Crippen LogP contribution in [0.2, 0.25) is 5.02 Å². The van der Waals surface area contributed by atoms with Crippen molar-refractivity contribution in [3.8, 4) is 11.5 Å². The summed E-state index contributed by atoms with van der Waals surface area (Å²) in [5, 5.41) is 0.630. The van der Waals surface area contributed by atoms with Crippen LogP contribution in [0, 0.1) is 0 Å². The lowest BCUT2D eigenvalue weighted by Gasteiger charge is -2.34. The monoisotopic (exact) mass is 360 g/mol. The van der Waals surface area contributed by atoms with Crippen molar-refractivity contribution in [3.63, 3.8) is 0 Å². The highest BCUT2D eigenvalue weighted by molar-refractivity contribution is 6.32. The van der Waals surface area contributed by atoms with Crippen molar-refractivity contribution >= 4 is 17.5 Å². The van der Waals surface area contributed by atoms with Crippen LogP contribution in [0.3, 0.4) is 0 Å². The zero-order valence-corrected chi connectivity index (χ0v) is 14.8. The summed E-state index contributed by atoms with van der Waals surface area (Å²) in [6.07, 6.45) is 4.45. The molecule has 3 heterocycles. The molecule has 0 saturated carbocycles. The Morgan fingerprint density at radius 3 is 2.56 bits per heavy atom. The maximum absolute atomic E-state index is 6.39. The van der Waals surface area contributed by atoms with Crippen LogP contribution in [0.15, 0.2) is 30.6 Å². The van der Waals surface area contributed by atoms with Crippen LogP contribution in [-0.4, -0.2) is 54.3 Å². The van der Waals surface area contributed by atoms with Gasteiger partial charge in [-0.2, -0.15) is 0 Å². The Morgan fingerprint density at radius 2 is 1.76 bits per heavy atom. The van der Waals surface area contributed by atoms with Gasteiger partial charge in [-0.3, -0.25) is 4.90 Å². The number of benzene rings is 1. The Kier molecular flexibility index (Phi) is 4.90. The molecule has 2 aliphatic rings. The third kappa shape index (κ3) is 3.80. The maximum Gasteiger partial charge on any atom is 0.225 e. The summed E-state index contributed by atoms with van der Waals surface area (Å²) in [6, 6.07) is 5.88. The molecule has 7 heteroatoms. The summed E-state index contributed by atoms with van der Waals surface area (Å²) in [7, 11) is 0. The molecule has 0 radical (unpaired) electrons. The molecule has 6 nitrogen and oxygen atoms in total. The van der Waals surface area contributed by atoms with Crippen LogP contribution in [0.4, 0.5) is 5.95 Å².